The molecule has 0 saturated heterocycles. The Kier molecular flexibility index (Phi) is 2.06. The number of aromatic nitrogens is 2. The number of nitrogens with zero attached hydrogens (tertiary/aromatic N) is 2. The van der Waals surface area contributed by atoms with Gasteiger partial charge in [0.1, 0.15) is 5.82 Å². The summed E-state index contributed by atoms with van der Waals surface area (Å²) in [6.45, 7) is 1.76. The predicted molar refractivity (Wildman–Crippen MR) is 38.6 cm³/mol. The molecule has 1 aromatic rings. The Balaban J connectivity index is 2.65. The highest BCUT2D eigenvalue weighted by atomic mass is 16.3. The van der Waals surface area contributed by atoms with Gasteiger partial charge in [-0.05, 0) is 6.92 Å². The van der Waals surface area contributed by atoms with Crippen LogP contribution >= 0.6 is 0 Å². The standard InChI is InChI=1S/C7H12N2O/c1-6(10)5-7-8-3-4-9(7)2/h3-4,6,10H,5H2,1-2H3/t6-/m1/s1. The first kappa shape index (κ1) is 7.28. The van der Waals surface area contributed by atoms with E-state index in [1.54, 1.807) is 13.1 Å². The van der Waals surface area contributed by atoms with Crippen molar-refractivity contribution in [1.82, 2.24) is 9.55 Å². The monoisotopic (exact) mass is 140 g/mol. The summed E-state index contributed by atoms with van der Waals surface area (Å²) in [5, 5.41) is 9.00. The molecule has 1 heterocycles. The van der Waals surface area contributed by atoms with E-state index in [0.717, 1.165) is 5.82 Å². The SMILES string of the molecule is C[C@@H](O)Cc1nccn1C. The number of rotatable bonds is 2. The molecule has 0 aliphatic rings. The van der Waals surface area contributed by atoms with Crippen LogP contribution in [0.3, 0.4) is 0 Å². The van der Waals surface area contributed by atoms with Crippen molar-refractivity contribution in [3.63, 3.8) is 0 Å². The van der Waals surface area contributed by atoms with Crippen molar-refractivity contribution in [2.75, 3.05) is 0 Å². The van der Waals surface area contributed by atoms with E-state index in [-0.39, 0.29) is 6.10 Å². The second-order valence-electron chi connectivity index (χ2n) is 2.51. The van der Waals surface area contributed by atoms with Crippen molar-refractivity contribution in [2.24, 2.45) is 7.05 Å². The topological polar surface area (TPSA) is 38.1 Å². The minimum atomic E-state index is -0.305. The molecule has 0 amide bonds. The van der Waals surface area contributed by atoms with Crippen molar-refractivity contribution in [3.8, 4) is 0 Å². The average Bonchev–Trinajstić information content (AvgIpc) is 2.15. The molecule has 3 heteroatoms. The first-order valence-corrected chi connectivity index (χ1v) is 3.34. The number of aryl methyl sites for hydroxylation is 1. The first-order valence-electron chi connectivity index (χ1n) is 3.34. The van der Waals surface area contributed by atoms with Crippen molar-refractivity contribution < 1.29 is 5.11 Å². The molecule has 0 aliphatic heterocycles. The fourth-order valence-corrected chi connectivity index (χ4v) is 0.857. The maximum absolute atomic E-state index is 9.00. The summed E-state index contributed by atoms with van der Waals surface area (Å²) in [5.74, 6) is 0.926. The Labute approximate surface area is 60.3 Å². The van der Waals surface area contributed by atoms with E-state index < -0.39 is 0 Å². The number of imidazole rings is 1. The van der Waals surface area contributed by atoms with Crippen LogP contribution in [0.5, 0.6) is 0 Å². The number of aliphatic hydroxyl groups excluding tert-OH is 1. The van der Waals surface area contributed by atoms with Crippen LogP contribution in [0.4, 0.5) is 0 Å². The van der Waals surface area contributed by atoms with E-state index in [2.05, 4.69) is 4.98 Å². The zero-order valence-electron chi connectivity index (χ0n) is 6.28. The van der Waals surface area contributed by atoms with Gasteiger partial charge in [0.2, 0.25) is 0 Å². The Bertz CT molecular complexity index is 205. The van der Waals surface area contributed by atoms with Gasteiger partial charge in [-0.3, -0.25) is 0 Å². The van der Waals surface area contributed by atoms with E-state index in [1.807, 2.05) is 17.8 Å². The molecule has 3 nitrogen and oxygen atoms in total. The molecule has 0 radical (unpaired) electrons. The molecule has 0 unspecified atom stereocenters. The summed E-state index contributed by atoms with van der Waals surface area (Å²) in [6.07, 6.45) is 3.93. The Hall–Kier alpha value is -0.830. The second kappa shape index (κ2) is 2.84. The van der Waals surface area contributed by atoms with Gasteiger partial charge in [0.25, 0.3) is 0 Å². The van der Waals surface area contributed by atoms with E-state index in [1.165, 1.54) is 0 Å². The lowest BCUT2D eigenvalue weighted by molar-refractivity contribution is 0.192. The van der Waals surface area contributed by atoms with Gasteiger partial charge in [-0.2, -0.15) is 0 Å². The van der Waals surface area contributed by atoms with E-state index in [0.29, 0.717) is 6.42 Å². The molecule has 10 heavy (non-hydrogen) atoms. The number of hydrogen-bond acceptors (Lipinski definition) is 2. The molecule has 0 aromatic carbocycles. The molecule has 0 aliphatic carbocycles. The number of aliphatic hydroxyl groups is 1. The van der Waals surface area contributed by atoms with E-state index in [9.17, 15) is 0 Å². The van der Waals surface area contributed by atoms with Gasteiger partial charge in [0.05, 0.1) is 6.10 Å². The lowest BCUT2D eigenvalue weighted by Crippen LogP contribution is -2.08. The fourth-order valence-electron chi connectivity index (χ4n) is 0.857. The summed E-state index contributed by atoms with van der Waals surface area (Å²) in [7, 11) is 1.92. The van der Waals surface area contributed by atoms with Gasteiger partial charge in [0, 0.05) is 25.9 Å². The van der Waals surface area contributed by atoms with E-state index in [4.69, 9.17) is 5.11 Å². The van der Waals surface area contributed by atoms with Crippen LogP contribution in [0, 0.1) is 0 Å². The molecule has 1 N–H and O–H groups in total. The summed E-state index contributed by atoms with van der Waals surface area (Å²) < 4.78 is 1.91. The predicted octanol–water partition coefficient (Wildman–Crippen LogP) is 0.343. The largest absolute Gasteiger partial charge is 0.393 e. The maximum Gasteiger partial charge on any atom is 0.110 e. The van der Waals surface area contributed by atoms with Gasteiger partial charge in [0.15, 0.2) is 0 Å². The molecule has 1 aromatic heterocycles. The molecular formula is C7H12N2O. The smallest absolute Gasteiger partial charge is 0.110 e. The summed E-state index contributed by atoms with van der Waals surface area (Å²) in [5.41, 5.74) is 0. The van der Waals surface area contributed by atoms with Crippen molar-refractivity contribution in [1.29, 1.82) is 0 Å². The minimum Gasteiger partial charge on any atom is -0.393 e. The Morgan fingerprint density at radius 2 is 2.50 bits per heavy atom. The average molecular weight is 140 g/mol. The van der Waals surface area contributed by atoms with Crippen LogP contribution in [0.15, 0.2) is 12.4 Å². The third kappa shape index (κ3) is 1.57. The van der Waals surface area contributed by atoms with Gasteiger partial charge in [-0.15, -0.1) is 0 Å². The van der Waals surface area contributed by atoms with Crippen LogP contribution in [0.1, 0.15) is 12.7 Å². The summed E-state index contributed by atoms with van der Waals surface area (Å²) in [6, 6.07) is 0. The Morgan fingerprint density at radius 1 is 1.80 bits per heavy atom. The first-order chi connectivity index (χ1) is 4.70. The molecule has 0 saturated carbocycles. The number of hydrogen-bond donors (Lipinski definition) is 1. The zero-order valence-corrected chi connectivity index (χ0v) is 6.28. The molecule has 0 spiro atoms. The maximum atomic E-state index is 9.00. The summed E-state index contributed by atoms with van der Waals surface area (Å²) >= 11 is 0. The van der Waals surface area contributed by atoms with Crippen LogP contribution in [0.25, 0.3) is 0 Å². The summed E-state index contributed by atoms with van der Waals surface area (Å²) in [4.78, 5) is 4.06. The van der Waals surface area contributed by atoms with Crippen molar-refractivity contribution >= 4 is 0 Å². The van der Waals surface area contributed by atoms with Gasteiger partial charge in [-0.25, -0.2) is 4.98 Å². The molecule has 56 valence electrons. The van der Waals surface area contributed by atoms with Crippen LogP contribution in [-0.4, -0.2) is 20.8 Å². The zero-order chi connectivity index (χ0) is 7.56. The van der Waals surface area contributed by atoms with Gasteiger partial charge >= 0.3 is 0 Å². The van der Waals surface area contributed by atoms with Gasteiger partial charge < -0.3 is 9.67 Å². The highest BCUT2D eigenvalue weighted by Crippen LogP contribution is 1.98. The Morgan fingerprint density at radius 3 is 2.90 bits per heavy atom. The quantitative estimate of drug-likeness (QED) is 0.643. The third-order valence-electron chi connectivity index (χ3n) is 1.40. The molecule has 1 atom stereocenters. The highest BCUT2D eigenvalue weighted by molar-refractivity contribution is 4.92. The molecule has 1 rings (SSSR count). The molecular weight excluding hydrogens is 128 g/mol. The van der Waals surface area contributed by atoms with Crippen LogP contribution in [0.2, 0.25) is 0 Å². The van der Waals surface area contributed by atoms with E-state index >= 15 is 0 Å². The minimum absolute atomic E-state index is 0.305. The van der Waals surface area contributed by atoms with Crippen LogP contribution in [-0.2, 0) is 13.5 Å². The highest BCUT2D eigenvalue weighted by Gasteiger charge is 2.01. The van der Waals surface area contributed by atoms with Crippen LogP contribution < -0.4 is 0 Å². The fraction of sp³-hybridized carbons (Fsp3) is 0.571. The third-order valence-corrected chi connectivity index (χ3v) is 1.40. The van der Waals surface area contributed by atoms with Gasteiger partial charge in [-0.1, -0.05) is 0 Å². The second-order valence-corrected chi connectivity index (χ2v) is 2.51. The lowest BCUT2D eigenvalue weighted by atomic mass is 10.3. The van der Waals surface area contributed by atoms with Crippen molar-refractivity contribution in [3.05, 3.63) is 18.2 Å². The molecule has 0 bridgehead atoms. The normalized spacial score (nSPS) is 13.5. The van der Waals surface area contributed by atoms with Crippen molar-refractivity contribution in [2.45, 2.75) is 19.4 Å². The molecule has 0 fully saturated rings. The lowest BCUT2D eigenvalue weighted by Gasteiger charge is -2.02.